The van der Waals surface area contributed by atoms with Gasteiger partial charge in [-0.2, -0.15) is 0 Å². The van der Waals surface area contributed by atoms with Crippen LogP contribution >= 0.6 is 22.4 Å². The van der Waals surface area contributed by atoms with Crippen molar-refractivity contribution in [1.82, 2.24) is 0 Å². The maximum absolute atomic E-state index is 11.3. The van der Waals surface area contributed by atoms with Crippen molar-refractivity contribution in [1.29, 1.82) is 0 Å². The van der Waals surface area contributed by atoms with Crippen molar-refractivity contribution in [2.75, 3.05) is 13.4 Å². The van der Waals surface area contributed by atoms with Crippen LogP contribution < -0.4 is 4.74 Å². The summed E-state index contributed by atoms with van der Waals surface area (Å²) >= 11 is 1.34. The molecule has 0 radical (unpaired) electrons. The van der Waals surface area contributed by atoms with E-state index in [2.05, 4.69) is 0 Å². The van der Waals surface area contributed by atoms with Gasteiger partial charge in [0.25, 0.3) is 9.05 Å². The average Bonchev–Trinajstić information content (AvgIpc) is 2.15. The van der Waals surface area contributed by atoms with Gasteiger partial charge in [0.05, 0.1) is 12.0 Å². The van der Waals surface area contributed by atoms with Crippen molar-refractivity contribution in [2.45, 2.75) is 16.7 Å². The predicted octanol–water partition coefficient (Wildman–Crippen LogP) is 2.65. The van der Waals surface area contributed by atoms with Crippen LogP contribution in [0.1, 0.15) is 5.56 Å². The third kappa shape index (κ3) is 2.80. The Morgan fingerprint density at radius 2 is 2.00 bits per heavy atom. The van der Waals surface area contributed by atoms with E-state index in [1.807, 2.05) is 6.92 Å². The highest BCUT2D eigenvalue weighted by molar-refractivity contribution is 8.14. The molecular formula is C9H11ClO3S2. The van der Waals surface area contributed by atoms with Gasteiger partial charge >= 0.3 is 0 Å². The van der Waals surface area contributed by atoms with Crippen LogP contribution in [0.15, 0.2) is 21.9 Å². The fraction of sp³-hybridized carbons (Fsp3) is 0.333. The van der Waals surface area contributed by atoms with Gasteiger partial charge in [0.1, 0.15) is 5.75 Å². The van der Waals surface area contributed by atoms with Crippen LogP contribution in [-0.4, -0.2) is 21.8 Å². The second kappa shape index (κ2) is 4.63. The SMILES string of the molecule is COc1cc(S(=O)(=O)Cl)c(SC)cc1C. The number of ether oxygens (including phenoxy) is 1. The molecule has 6 heteroatoms. The summed E-state index contributed by atoms with van der Waals surface area (Å²) in [4.78, 5) is 0.724. The molecule has 1 aromatic carbocycles. The summed E-state index contributed by atoms with van der Waals surface area (Å²) in [5.74, 6) is 0.520. The van der Waals surface area contributed by atoms with Crippen LogP contribution in [0.2, 0.25) is 0 Å². The second-order valence-corrected chi connectivity index (χ2v) is 6.29. The molecule has 15 heavy (non-hydrogen) atoms. The zero-order valence-electron chi connectivity index (χ0n) is 8.57. The maximum Gasteiger partial charge on any atom is 0.262 e. The molecule has 0 amide bonds. The molecule has 0 bridgehead atoms. The van der Waals surface area contributed by atoms with Gasteiger partial charge < -0.3 is 4.74 Å². The molecule has 0 atom stereocenters. The zero-order valence-corrected chi connectivity index (χ0v) is 11.0. The van der Waals surface area contributed by atoms with Crippen LogP contribution in [0, 0.1) is 6.92 Å². The van der Waals surface area contributed by atoms with E-state index in [1.54, 1.807) is 12.3 Å². The highest BCUT2D eigenvalue weighted by atomic mass is 35.7. The van der Waals surface area contributed by atoms with Crippen LogP contribution in [-0.2, 0) is 9.05 Å². The molecule has 0 aliphatic heterocycles. The van der Waals surface area contributed by atoms with Gasteiger partial charge in [-0.1, -0.05) is 0 Å². The summed E-state index contributed by atoms with van der Waals surface area (Å²) in [6.07, 6.45) is 1.80. The first kappa shape index (κ1) is 12.7. The molecule has 1 rings (SSSR count). The van der Waals surface area contributed by atoms with E-state index in [-0.39, 0.29) is 4.90 Å². The molecule has 0 aliphatic rings. The van der Waals surface area contributed by atoms with Gasteiger partial charge in [-0.05, 0) is 24.8 Å². The minimum Gasteiger partial charge on any atom is -0.496 e. The lowest BCUT2D eigenvalue weighted by molar-refractivity contribution is 0.409. The van der Waals surface area contributed by atoms with E-state index in [4.69, 9.17) is 15.4 Å². The number of methoxy groups -OCH3 is 1. The average molecular weight is 267 g/mol. The first-order valence-electron chi connectivity index (χ1n) is 4.07. The highest BCUT2D eigenvalue weighted by Gasteiger charge is 2.17. The summed E-state index contributed by atoms with van der Waals surface area (Å²) in [5, 5.41) is 0. The Morgan fingerprint density at radius 3 is 2.40 bits per heavy atom. The first-order chi connectivity index (χ1) is 6.90. The van der Waals surface area contributed by atoms with E-state index in [9.17, 15) is 8.42 Å². The summed E-state index contributed by atoms with van der Waals surface area (Å²) < 4.78 is 27.6. The number of hydrogen-bond acceptors (Lipinski definition) is 4. The minimum absolute atomic E-state index is 0.0964. The van der Waals surface area contributed by atoms with Crippen LogP contribution in [0.3, 0.4) is 0 Å². The molecule has 0 saturated heterocycles. The molecule has 0 aromatic heterocycles. The van der Waals surface area contributed by atoms with Gasteiger partial charge in [0.15, 0.2) is 0 Å². The fourth-order valence-corrected chi connectivity index (χ4v) is 3.41. The number of halogens is 1. The second-order valence-electron chi connectivity index (χ2n) is 2.91. The monoisotopic (exact) mass is 266 g/mol. The summed E-state index contributed by atoms with van der Waals surface area (Å²) in [6.45, 7) is 1.85. The fourth-order valence-electron chi connectivity index (χ4n) is 1.21. The summed E-state index contributed by atoms with van der Waals surface area (Å²) in [6, 6.07) is 3.20. The Hall–Kier alpha value is -0.390. The van der Waals surface area contributed by atoms with Crippen LogP contribution in [0.4, 0.5) is 0 Å². The van der Waals surface area contributed by atoms with Gasteiger partial charge in [-0.15, -0.1) is 11.8 Å². The van der Waals surface area contributed by atoms with E-state index >= 15 is 0 Å². The lowest BCUT2D eigenvalue weighted by Gasteiger charge is -2.09. The maximum atomic E-state index is 11.3. The molecule has 0 unspecified atom stereocenters. The predicted molar refractivity (Wildman–Crippen MR) is 62.6 cm³/mol. The summed E-state index contributed by atoms with van der Waals surface area (Å²) in [5.41, 5.74) is 0.880. The molecule has 3 nitrogen and oxygen atoms in total. The topological polar surface area (TPSA) is 43.4 Å². The van der Waals surface area contributed by atoms with Gasteiger partial charge in [-0.3, -0.25) is 0 Å². The lowest BCUT2D eigenvalue weighted by atomic mass is 10.2. The van der Waals surface area contributed by atoms with Crippen molar-refractivity contribution in [2.24, 2.45) is 0 Å². The number of hydrogen-bond donors (Lipinski definition) is 0. The van der Waals surface area contributed by atoms with Crippen molar-refractivity contribution in [3.05, 3.63) is 17.7 Å². The van der Waals surface area contributed by atoms with Gasteiger partial charge in [0.2, 0.25) is 0 Å². The van der Waals surface area contributed by atoms with Crippen LogP contribution in [0.5, 0.6) is 5.75 Å². The molecule has 0 heterocycles. The van der Waals surface area contributed by atoms with Crippen molar-refractivity contribution < 1.29 is 13.2 Å². The number of benzene rings is 1. The first-order valence-corrected chi connectivity index (χ1v) is 7.61. The minimum atomic E-state index is -3.72. The molecule has 0 spiro atoms. The molecule has 0 aliphatic carbocycles. The van der Waals surface area contributed by atoms with E-state index in [1.165, 1.54) is 24.9 Å². The lowest BCUT2D eigenvalue weighted by Crippen LogP contribution is -1.97. The molecule has 0 saturated carbocycles. The zero-order chi connectivity index (χ0) is 11.6. The molecule has 0 N–H and O–H groups in total. The molecular weight excluding hydrogens is 256 g/mol. The Bertz CT molecular complexity index is 468. The number of aryl methyl sites for hydroxylation is 1. The quantitative estimate of drug-likeness (QED) is 0.623. The third-order valence-corrected chi connectivity index (χ3v) is 4.21. The Morgan fingerprint density at radius 1 is 1.40 bits per heavy atom. The van der Waals surface area contributed by atoms with Crippen molar-refractivity contribution in [3.8, 4) is 5.75 Å². The standard InChI is InChI=1S/C9H11ClO3S2/c1-6-4-8(14-3)9(15(10,11)12)5-7(6)13-2/h4-5H,1-3H3. The van der Waals surface area contributed by atoms with E-state index < -0.39 is 9.05 Å². The van der Waals surface area contributed by atoms with Crippen LogP contribution in [0.25, 0.3) is 0 Å². The smallest absolute Gasteiger partial charge is 0.262 e. The largest absolute Gasteiger partial charge is 0.496 e. The van der Waals surface area contributed by atoms with Gasteiger partial charge in [0, 0.05) is 21.6 Å². The molecule has 84 valence electrons. The number of thioether (sulfide) groups is 1. The summed E-state index contributed by atoms with van der Waals surface area (Å²) in [7, 11) is 3.10. The third-order valence-electron chi connectivity index (χ3n) is 1.94. The Labute approximate surface area is 98.2 Å². The van der Waals surface area contributed by atoms with E-state index in [0.717, 1.165) is 5.56 Å². The van der Waals surface area contributed by atoms with Gasteiger partial charge in [-0.25, -0.2) is 8.42 Å². The number of rotatable bonds is 3. The molecule has 0 fully saturated rings. The van der Waals surface area contributed by atoms with E-state index in [0.29, 0.717) is 10.6 Å². The Kier molecular flexibility index (Phi) is 3.92. The van der Waals surface area contributed by atoms with Crippen molar-refractivity contribution in [3.63, 3.8) is 0 Å². The normalized spacial score (nSPS) is 11.5. The van der Waals surface area contributed by atoms with Crippen molar-refractivity contribution >= 4 is 31.5 Å². The highest BCUT2D eigenvalue weighted by Crippen LogP contribution is 2.33. The molecule has 1 aromatic rings. The Balaban J connectivity index is 3.49.